The number of amides is 3. The van der Waals surface area contributed by atoms with Crippen LogP contribution in [0.25, 0.3) is 0 Å². The Bertz CT molecular complexity index is 975. The maximum absolute atomic E-state index is 12.5. The Morgan fingerprint density at radius 1 is 1.15 bits per heavy atom. The van der Waals surface area contributed by atoms with Gasteiger partial charge in [0.1, 0.15) is 12.1 Å². The first-order valence-electron chi connectivity index (χ1n) is 7.92. The summed E-state index contributed by atoms with van der Waals surface area (Å²) in [7, 11) is 1.52. The Labute approximate surface area is 159 Å². The Hall–Kier alpha value is -3.26. The average Bonchev–Trinajstić information content (AvgIpc) is 2.88. The summed E-state index contributed by atoms with van der Waals surface area (Å²) >= 11 is 6.08. The zero-order valence-electron chi connectivity index (χ0n) is 14.2. The van der Waals surface area contributed by atoms with E-state index in [0.717, 1.165) is 11.0 Å². The number of rotatable bonds is 5. The number of likely N-dealkylation sites (N-methyl/N-ethyl adjacent to an activating group) is 1. The number of halogens is 1. The molecule has 2 aromatic rings. The topological polar surface area (TPSA) is 101 Å². The second kappa shape index (κ2) is 7.16. The highest BCUT2D eigenvalue weighted by molar-refractivity contribution is 6.31. The van der Waals surface area contributed by atoms with Crippen molar-refractivity contribution in [2.75, 3.05) is 13.6 Å². The van der Waals surface area contributed by atoms with Crippen molar-refractivity contribution in [3.8, 4) is 0 Å². The van der Waals surface area contributed by atoms with E-state index in [1.807, 2.05) is 0 Å². The molecule has 0 unspecified atom stereocenters. The van der Waals surface area contributed by atoms with Gasteiger partial charge >= 0.3 is 0 Å². The number of hydrogen-bond donors (Lipinski definition) is 0. The van der Waals surface area contributed by atoms with Crippen molar-refractivity contribution in [3.05, 3.63) is 74.3 Å². The van der Waals surface area contributed by atoms with Crippen LogP contribution in [0.1, 0.15) is 26.3 Å². The normalized spacial score (nSPS) is 12.9. The molecule has 0 fully saturated rings. The third-order valence-electron chi connectivity index (χ3n) is 4.26. The molecule has 0 bridgehead atoms. The van der Waals surface area contributed by atoms with Gasteiger partial charge in [0.05, 0.1) is 10.5 Å². The Balaban J connectivity index is 1.78. The molecule has 1 heterocycles. The van der Waals surface area contributed by atoms with E-state index in [1.165, 1.54) is 24.1 Å². The fraction of sp³-hybridized carbons (Fsp3) is 0.167. The summed E-state index contributed by atoms with van der Waals surface area (Å²) in [5.74, 6) is -2.06. The van der Waals surface area contributed by atoms with Gasteiger partial charge in [-0.1, -0.05) is 35.9 Å². The van der Waals surface area contributed by atoms with E-state index in [2.05, 4.69) is 0 Å². The maximum Gasteiger partial charge on any atom is 0.282 e. The van der Waals surface area contributed by atoms with Crippen LogP contribution in [-0.2, 0) is 11.3 Å². The Morgan fingerprint density at radius 2 is 1.85 bits per heavy atom. The Morgan fingerprint density at radius 3 is 2.52 bits per heavy atom. The number of benzene rings is 2. The van der Waals surface area contributed by atoms with Crippen molar-refractivity contribution in [2.45, 2.75) is 6.54 Å². The molecule has 0 aromatic heterocycles. The van der Waals surface area contributed by atoms with Crippen molar-refractivity contribution in [1.82, 2.24) is 9.80 Å². The largest absolute Gasteiger partial charge is 0.340 e. The van der Waals surface area contributed by atoms with Gasteiger partial charge in [0.25, 0.3) is 17.5 Å². The van der Waals surface area contributed by atoms with Crippen LogP contribution in [0.3, 0.4) is 0 Å². The quantitative estimate of drug-likeness (QED) is 0.445. The predicted octanol–water partition coefficient (Wildman–Crippen LogP) is 2.50. The highest BCUT2D eigenvalue weighted by Crippen LogP contribution is 2.30. The summed E-state index contributed by atoms with van der Waals surface area (Å²) in [4.78, 5) is 49.9. The molecule has 0 N–H and O–H groups in total. The van der Waals surface area contributed by atoms with E-state index in [4.69, 9.17) is 11.6 Å². The average molecular weight is 388 g/mol. The molecular weight excluding hydrogens is 374 g/mol. The molecule has 3 amide bonds. The van der Waals surface area contributed by atoms with Crippen molar-refractivity contribution >= 4 is 35.0 Å². The predicted molar refractivity (Wildman–Crippen MR) is 96.4 cm³/mol. The van der Waals surface area contributed by atoms with E-state index in [0.29, 0.717) is 10.6 Å². The number of fused-ring (bicyclic) bond motifs is 1. The van der Waals surface area contributed by atoms with Crippen LogP contribution >= 0.6 is 11.6 Å². The SMILES string of the molecule is CN(Cc1ccccc1Cl)C(=O)CN1C(=O)c2cccc([N+](=O)[O-])c2C1=O. The number of hydrogen-bond acceptors (Lipinski definition) is 5. The molecule has 27 heavy (non-hydrogen) atoms. The van der Waals surface area contributed by atoms with E-state index < -0.39 is 34.9 Å². The second-order valence-corrected chi connectivity index (χ2v) is 6.40. The smallest absolute Gasteiger partial charge is 0.282 e. The van der Waals surface area contributed by atoms with Gasteiger partial charge < -0.3 is 4.90 Å². The van der Waals surface area contributed by atoms with E-state index >= 15 is 0 Å². The van der Waals surface area contributed by atoms with Gasteiger partial charge in [-0.05, 0) is 17.7 Å². The molecule has 0 radical (unpaired) electrons. The van der Waals surface area contributed by atoms with Gasteiger partial charge in [-0.25, -0.2) is 0 Å². The lowest BCUT2D eigenvalue weighted by molar-refractivity contribution is -0.385. The Kier molecular flexibility index (Phi) is 4.91. The van der Waals surface area contributed by atoms with Crippen molar-refractivity contribution in [1.29, 1.82) is 0 Å². The maximum atomic E-state index is 12.5. The molecule has 1 aliphatic heterocycles. The van der Waals surface area contributed by atoms with E-state index in [9.17, 15) is 24.5 Å². The van der Waals surface area contributed by atoms with Crippen LogP contribution in [0.15, 0.2) is 42.5 Å². The van der Waals surface area contributed by atoms with Crippen LogP contribution in [0.4, 0.5) is 5.69 Å². The van der Waals surface area contributed by atoms with Crippen molar-refractivity contribution in [2.24, 2.45) is 0 Å². The minimum absolute atomic E-state index is 0.0734. The lowest BCUT2D eigenvalue weighted by Gasteiger charge is -2.21. The van der Waals surface area contributed by atoms with Gasteiger partial charge in [0.15, 0.2) is 0 Å². The van der Waals surface area contributed by atoms with Gasteiger partial charge in [0.2, 0.25) is 5.91 Å². The number of carbonyl (C=O) groups excluding carboxylic acids is 3. The zero-order chi connectivity index (χ0) is 19.7. The molecule has 9 heteroatoms. The van der Waals surface area contributed by atoms with Crippen LogP contribution in [0.5, 0.6) is 0 Å². The molecule has 0 spiro atoms. The first-order chi connectivity index (χ1) is 12.8. The number of nitrogens with zero attached hydrogens (tertiary/aromatic N) is 3. The van der Waals surface area contributed by atoms with Gasteiger partial charge in [-0.15, -0.1) is 0 Å². The van der Waals surface area contributed by atoms with Crippen LogP contribution < -0.4 is 0 Å². The number of carbonyl (C=O) groups is 3. The fourth-order valence-electron chi connectivity index (χ4n) is 2.84. The zero-order valence-corrected chi connectivity index (χ0v) is 15.0. The summed E-state index contributed by atoms with van der Waals surface area (Å²) in [6.45, 7) is -0.313. The second-order valence-electron chi connectivity index (χ2n) is 5.99. The highest BCUT2D eigenvalue weighted by Gasteiger charge is 2.41. The van der Waals surface area contributed by atoms with Crippen molar-refractivity contribution < 1.29 is 19.3 Å². The molecule has 0 saturated heterocycles. The van der Waals surface area contributed by atoms with E-state index in [1.54, 1.807) is 24.3 Å². The fourth-order valence-corrected chi connectivity index (χ4v) is 3.03. The summed E-state index contributed by atoms with van der Waals surface area (Å²) in [5.41, 5.74) is -0.0944. The van der Waals surface area contributed by atoms with Gasteiger partial charge in [-0.2, -0.15) is 0 Å². The molecule has 138 valence electrons. The lowest BCUT2D eigenvalue weighted by atomic mass is 10.1. The number of nitro benzene ring substituents is 1. The molecular formula is C18H14ClN3O5. The van der Waals surface area contributed by atoms with Gasteiger partial charge in [0, 0.05) is 24.7 Å². The molecule has 8 nitrogen and oxygen atoms in total. The molecule has 0 aliphatic carbocycles. The minimum Gasteiger partial charge on any atom is -0.340 e. The molecule has 0 atom stereocenters. The summed E-state index contributed by atoms with van der Waals surface area (Å²) in [6, 6.07) is 10.8. The molecule has 2 aromatic carbocycles. The van der Waals surface area contributed by atoms with Crippen LogP contribution in [-0.4, -0.2) is 46.0 Å². The molecule has 0 saturated carbocycles. The first kappa shape index (κ1) is 18.5. The van der Waals surface area contributed by atoms with Crippen LogP contribution in [0, 0.1) is 10.1 Å². The minimum atomic E-state index is -0.846. The molecule has 3 rings (SSSR count). The third kappa shape index (κ3) is 3.39. The number of imide groups is 1. The lowest BCUT2D eigenvalue weighted by Crippen LogP contribution is -2.41. The van der Waals surface area contributed by atoms with Crippen LogP contribution in [0.2, 0.25) is 5.02 Å². The highest BCUT2D eigenvalue weighted by atomic mass is 35.5. The first-order valence-corrected chi connectivity index (χ1v) is 8.30. The summed E-state index contributed by atoms with van der Waals surface area (Å²) in [5, 5.41) is 11.6. The number of nitro groups is 1. The molecule has 1 aliphatic rings. The van der Waals surface area contributed by atoms with E-state index in [-0.39, 0.29) is 17.7 Å². The summed E-state index contributed by atoms with van der Waals surface area (Å²) < 4.78 is 0. The standard InChI is InChI=1S/C18H14ClN3O5/c1-20(9-11-5-2-3-7-13(11)19)15(23)10-21-17(24)12-6-4-8-14(22(26)27)16(12)18(21)25/h2-8H,9-10H2,1H3. The van der Waals surface area contributed by atoms with Gasteiger partial charge in [-0.3, -0.25) is 29.4 Å². The van der Waals surface area contributed by atoms with Crippen molar-refractivity contribution in [3.63, 3.8) is 0 Å². The monoisotopic (exact) mass is 387 g/mol. The third-order valence-corrected chi connectivity index (χ3v) is 4.63. The summed E-state index contributed by atoms with van der Waals surface area (Å²) in [6.07, 6.45) is 0.